The first-order valence-corrected chi connectivity index (χ1v) is 11.3. The second-order valence-electron chi connectivity index (χ2n) is 6.03. The minimum Gasteiger partial charge on any atom is -0.477 e. The Bertz CT molecular complexity index is 1160. The topological polar surface area (TPSA) is 134 Å². The Morgan fingerprint density at radius 2 is 1.90 bits per heavy atom. The maximum absolute atomic E-state index is 11.5. The first-order chi connectivity index (χ1) is 13.6. The van der Waals surface area contributed by atoms with Crippen molar-refractivity contribution in [1.29, 1.82) is 0 Å². The van der Waals surface area contributed by atoms with Crippen molar-refractivity contribution in [2.24, 2.45) is 0 Å². The molecule has 0 atom stereocenters. The number of thiazole rings is 1. The van der Waals surface area contributed by atoms with Gasteiger partial charge in [0.2, 0.25) is 5.95 Å². The van der Waals surface area contributed by atoms with Crippen LogP contribution in [0.5, 0.6) is 0 Å². The van der Waals surface area contributed by atoms with E-state index in [9.17, 15) is 13.2 Å². The number of carboxylic acid groups (broad SMARTS) is 1. The normalized spacial score (nSPS) is 11.3. The van der Waals surface area contributed by atoms with Gasteiger partial charge in [0.15, 0.2) is 15.0 Å². The first kappa shape index (κ1) is 21.0. The van der Waals surface area contributed by atoms with E-state index in [2.05, 4.69) is 25.6 Å². The molecule has 3 aromatic rings. The second kappa shape index (κ2) is 8.31. The van der Waals surface area contributed by atoms with Crippen LogP contribution in [0.1, 0.15) is 20.9 Å². The van der Waals surface area contributed by atoms with Crippen LogP contribution in [-0.2, 0) is 16.4 Å². The van der Waals surface area contributed by atoms with Crippen molar-refractivity contribution in [3.63, 3.8) is 0 Å². The number of sulfone groups is 1. The lowest BCUT2D eigenvalue weighted by atomic mass is 10.2. The van der Waals surface area contributed by atoms with Gasteiger partial charge in [-0.1, -0.05) is 35.1 Å². The van der Waals surface area contributed by atoms with E-state index in [4.69, 9.17) is 16.7 Å². The molecule has 2 heterocycles. The number of carboxylic acids is 1. The van der Waals surface area contributed by atoms with Crippen molar-refractivity contribution in [3.05, 3.63) is 51.6 Å². The zero-order chi connectivity index (χ0) is 21.2. The largest absolute Gasteiger partial charge is 0.477 e. The molecule has 0 unspecified atom stereocenters. The average Bonchev–Trinajstić information content (AvgIpc) is 2.99. The van der Waals surface area contributed by atoms with Crippen LogP contribution in [0.3, 0.4) is 0 Å². The van der Waals surface area contributed by atoms with E-state index < -0.39 is 15.8 Å². The van der Waals surface area contributed by atoms with Gasteiger partial charge in [-0.2, -0.15) is 4.98 Å². The van der Waals surface area contributed by atoms with Crippen LogP contribution in [0.2, 0.25) is 5.15 Å². The third-order valence-electron chi connectivity index (χ3n) is 3.73. The van der Waals surface area contributed by atoms with Crippen LogP contribution in [0.15, 0.2) is 35.2 Å². The van der Waals surface area contributed by atoms with Gasteiger partial charge in [0.1, 0.15) is 15.8 Å². The van der Waals surface area contributed by atoms with Crippen molar-refractivity contribution in [2.45, 2.75) is 18.4 Å². The van der Waals surface area contributed by atoms with Crippen LogP contribution in [0.25, 0.3) is 0 Å². The molecule has 9 nitrogen and oxygen atoms in total. The minimum atomic E-state index is -3.24. The molecule has 0 aliphatic rings. The molecule has 152 valence electrons. The summed E-state index contributed by atoms with van der Waals surface area (Å²) in [4.78, 5) is 24.0. The van der Waals surface area contributed by atoms with Gasteiger partial charge in [0.25, 0.3) is 0 Å². The van der Waals surface area contributed by atoms with E-state index >= 15 is 0 Å². The lowest BCUT2D eigenvalue weighted by molar-refractivity contribution is 0.0701. The monoisotopic (exact) mass is 453 g/mol. The third kappa shape index (κ3) is 5.40. The molecule has 0 bridgehead atoms. The number of nitrogens with zero attached hydrogens (tertiary/aromatic N) is 3. The van der Waals surface area contributed by atoms with E-state index in [1.54, 1.807) is 19.1 Å². The summed E-state index contributed by atoms with van der Waals surface area (Å²) in [5.41, 5.74) is 1.24. The Hall–Kier alpha value is -2.76. The summed E-state index contributed by atoms with van der Waals surface area (Å²) in [6, 6.07) is 8.02. The highest BCUT2D eigenvalue weighted by Crippen LogP contribution is 2.25. The number of aryl methyl sites for hydroxylation is 1. The highest BCUT2D eigenvalue weighted by Gasteiger charge is 2.15. The summed E-state index contributed by atoms with van der Waals surface area (Å²) in [6.45, 7) is 1.99. The summed E-state index contributed by atoms with van der Waals surface area (Å²) in [5, 5.41) is 15.6. The van der Waals surface area contributed by atoms with Gasteiger partial charge < -0.3 is 10.4 Å². The molecule has 1 aromatic carbocycles. The number of aromatic carboxylic acids is 1. The molecule has 0 saturated heterocycles. The second-order valence-corrected chi connectivity index (χ2v) is 9.43. The molecule has 0 aliphatic carbocycles. The van der Waals surface area contributed by atoms with E-state index in [0.717, 1.165) is 23.2 Å². The summed E-state index contributed by atoms with van der Waals surface area (Å²) in [6.07, 6.45) is 1.15. The lowest BCUT2D eigenvalue weighted by Gasteiger charge is -2.09. The van der Waals surface area contributed by atoms with Gasteiger partial charge in [-0.15, -0.1) is 0 Å². The number of nitrogens with one attached hydrogen (secondary N) is 2. The predicted octanol–water partition coefficient (Wildman–Crippen LogP) is 3.35. The Morgan fingerprint density at radius 3 is 2.48 bits per heavy atom. The Balaban J connectivity index is 1.72. The van der Waals surface area contributed by atoms with Gasteiger partial charge in [-0.05, 0) is 24.6 Å². The molecule has 12 heteroatoms. The first-order valence-electron chi connectivity index (χ1n) is 8.17. The number of benzene rings is 1. The predicted molar refractivity (Wildman–Crippen MR) is 111 cm³/mol. The quantitative estimate of drug-likeness (QED) is 0.460. The molecule has 0 radical (unpaired) electrons. The molecule has 2 aromatic heterocycles. The molecular formula is C17H16ClN5O4S2. The highest BCUT2D eigenvalue weighted by atomic mass is 35.5. The third-order valence-corrected chi connectivity index (χ3v) is 6.11. The number of hydrogen-bond donors (Lipinski definition) is 3. The number of aromatic nitrogens is 3. The number of halogens is 1. The molecule has 0 fully saturated rings. The fourth-order valence-electron chi connectivity index (χ4n) is 2.36. The summed E-state index contributed by atoms with van der Waals surface area (Å²) < 4.78 is 23.0. The molecule has 0 spiro atoms. The highest BCUT2D eigenvalue weighted by molar-refractivity contribution is 7.90. The zero-order valence-electron chi connectivity index (χ0n) is 15.3. The smallest absolute Gasteiger partial charge is 0.347 e. The summed E-state index contributed by atoms with van der Waals surface area (Å²) >= 11 is 7.02. The van der Waals surface area contributed by atoms with Crippen LogP contribution in [-0.4, -0.2) is 40.7 Å². The molecule has 0 saturated carbocycles. The van der Waals surface area contributed by atoms with E-state index in [0.29, 0.717) is 23.2 Å². The van der Waals surface area contributed by atoms with Crippen molar-refractivity contribution < 1.29 is 18.3 Å². The molecule has 0 aliphatic heterocycles. The van der Waals surface area contributed by atoms with Gasteiger partial charge in [0.05, 0.1) is 10.6 Å². The van der Waals surface area contributed by atoms with Crippen molar-refractivity contribution in [1.82, 2.24) is 15.0 Å². The van der Waals surface area contributed by atoms with Crippen LogP contribution >= 0.6 is 22.9 Å². The SMILES string of the molecule is Cc1nc(Nc2nc(Cl)cc(NCc3ccc(S(C)(=O)=O)cc3)n2)sc1C(=O)O. The van der Waals surface area contributed by atoms with E-state index in [-0.39, 0.29) is 20.9 Å². The maximum atomic E-state index is 11.5. The van der Waals surface area contributed by atoms with Crippen LogP contribution < -0.4 is 10.6 Å². The number of hydrogen-bond acceptors (Lipinski definition) is 9. The maximum Gasteiger partial charge on any atom is 0.347 e. The summed E-state index contributed by atoms with van der Waals surface area (Å²) in [5.74, 6) is -0.450. The van der Waals surface area contributed by atoms with Gasteiger partial charge >= 0.3 is 5.97 Å². The van der Waals surface area contributed by atoms with Crippen molar-refractivity contribution >= 4 is 55.6 Å². The van der Waals surface area contributed by atoms with E-state index in [1.165, 1.54) is 18.2 Å². The summed E-state index contributed by atoms with van der Waals surface area (Å²) in [7, 11) is -3.24. The molecular weight excluding hydrogens is 438 g/mol. The lowest BCUT2D eigenvalue weighted by Crippen LogP contribution is -2.05. The molecule has 3 rings (SSSR count). The van der Waals surface area contributed by atoms with Crippen molar-refractivity contribution in [2.75, 3.05) is 16.9 Å². The number of anilines is 3. The van der Waals surface area contributed by atoms with Gasteiger partial charge in [0, 0.05) is 18.9 Å². The Labute approximate surface area is 175 Å². The molecule has 0 amide bonds. The fraction of sp³-hybridized carbons (Fsp3) is 0.176. The van der Waals surface area contributed by atoms with E-state index in [1.807, 2.05) is 0 Å². The van der Waals surface area contributed by atoms with Crippen LogP contribution in [0, 0.1) is 6.92 Å². The van der Waals surface area contributed by atoms with Gasteiger partial charge in [-0.25, -0.2) is 23.2 Å². The average molecular weight is 454 g/mol. The number of carbonyl (C=O) groups is 1. The Kier molecular flexibility index (Phi) is 6.01. The standard InChI is InChI=1S/C17H16ClN5O4S2/c1-9-14(15(24)25)28-17(20-9)23-16-21-12(18)7-13(22-16)19-8-10-3-5-11(6-4-10)29(2,26)27/h3-7H,8H2,1-2H3,(H,24,25)(H2,19,20,21,22,23). The Morgan fingerprint density at radius 1 is 1.21 bits per heavy atom. The van der Waals surface area contributed by atoms with Gasteiger partial charge in [-0.3, -0.25) is 5.32 Å². The van der Waals surface area contributed by atoms with Crippen LogP contribution in [0.4, 0.5) is 16.9 Å². The molecule has 29 heavy (non-hydrogen) atoms. The molecule has 3 N–H and O–H groups in total. The minimum absolute atomic E-state index is 0.130. The van der Waals surface area contributed by atoms with Crippen molar-refractivity contribution in [3.8, 4) is 0 Å². The fourth-order valence-corrected chi connectivity index (χ4v) is 3.97. The number of rotatable bonds is 7. The zero-order valence-corrected chi connectivity index (χ0v) is 17.7.